The van der Waals surface area contributed by atoms with E-state index in [0.717, 1.165) is 0 Å². The van der Waals surface area contributed by atoms with Crippen molar-refractivity contribution >= 4 is 15.9 Å². The first-order valence-corrected chi connectivity index (χ1v) is 6.79. The number of nitrogens with zero attached hydrogens (tertiary/aromatic N) is 2. The topological polar surface area (TPSA) is 90.3 Å². The van der Waals surface area contributed by atoms with Crippen molar-refractivity contribution in [2.75, 3.05) is 18.8 Å². The molecule has 0 aromatic rings. The van der Waals surface area contributed by atoms with Crippen LogP contribution in [0.25, 0.3) is 0 Å². The van der Waals surface area contributed by atoms with E-state index in [-0.39, 0.29) is 17.6 Å². The van der Waals surface area contributed by atoms with E-state index in [1.54, 1.807) is 13.1 Å². The molecule has 1 N–H and O–H groups in total. The second kappa shape index (κ2) is 5.27. The molecular formula is C9H15N3O3S. The molecule has 0 unspecified atom stereocenters. The van der Waals surface area contributed by atoms with Gasteiger partial charge in [-0.1, -0.05) is 0 Å². The van der Waals surface area contributed by atoms with E-state index in [9.17, 15) is 13.2 Å². The number of nitriles is 1. The molecule has 0 spiro atoms. The van der Waals surface area contributed by atoms with Gasteiger partial charge in [0.2, 0.25) is 15.9 Å². The smallest absolute Gasteiger partial charge is 0.236 e. The summed E-state index contributed by atoms with van der Waals surface area (Å²) in [7, 11) is -3.15. The number of rotatable bonds is 3. The number of piperidine rings is 1. The maximum atomic E-state index is 11.5. The third-order valence-electron chi connectivity index (χ3n) is 2.76. The normalized spacial score (nSPS) is 19.0. The first kappa shape index (κ1) is 12.9. The van der Waals surface area contributed by atoms with Crippen LogP contribution in [-0.4, -0.2) is 37.5 Å². The SMILES string of the molecule is CCS(=O)(=O)N1CCC(C(=O)NC#N)CC1. The zero-order valence-electron chi connectivity index (χ0n) is 9.14. The Balaban J connectivity index is 2.53. The van der Waals surface area contributed by atoms with Crippen molar-refractivity contribution in [2.45, 2.75) is 19.8 Å². The fourth-order valence-electron chi connectivity index (χ4n) is 1.74. The molecule has 6 nitrogen and oxygen atoms in total. The van der Waals surface area contributed by atoms with Gasteiger partial charge in [0, 0.05) is 19.0 Å². The summed E-state index contributed by atoms with van der Waals surface area (Å²) in [6, 6.07) is 0. The molecule has 1 heterocycles. The molecule has 16 heavy (non-hydrogen) atoms. The highest BCUT2D eigenvalue weighted by Gasteiger charge is 2.29. The van der Waals surface area contributed by atoms with Gasteiger partial charge < -0.3 is 0 Å². The van der Waals surface area contributed by atoms with Crippen molar-refractivity contribution in [3.8, 4) is 6.19 Å². The minimum atomic E-state index is -3.15. The molecule has 1 saturated heterocycles. The first-order valence-electron chi connectivity index (χ1n) is 5.18. The number of hydrogen-bond donors (Lipinski definition) is 1. The molecule has 7 heteroatoms. The number of sulfonamides is 1. The van der Waals surface area contributed by atoms with Crippen LogP contribution in [0, 0.1) is 17.4 Å². The number of hydrogen-bond acceptors (Lipinski definition) is 4. The van der Waals surface area contributed by atoms with E-state index in [4.69, 9.17) is 5.26 Å². The minimum Gasteiger partial charge on any atom is -0.274 e. The van der Waals surface area contributed by atoms with Crippen LogP contribution in [0.5, 0.6) is 0 Å². The van der Waals surface area contributed by atoms with Gasteiger partial charge in [-0.15, -0.1) is 0 Å². The quantitative estimate of drug-likeness (QED) is 0.543. The number of nitrogens with one attached hydrogen (secondary N) is 1. The van der Waals surface area contributed by atoms with Crippen molar-refractivity contribution in [3.63, 3.8) is 0 Å². The lowest BCUT2D eigenvalue weighted by Crippen LogP contribution is -2.42. The summed E-state index contributed by atoms with van der Waals surface area (Å²) in [5.41, 5.74) is 0. The molecule has 1 aliphatic rings. The summed E-state index contributed by atoms with van der Waals surface area (Å²) in [5.74, 6) is -0.471. The largest absolute Gasteiger partial charge is 0.274 e. The van der Waals surface area contributed by atoms with E-state index < -0.39 is 10.0 Å². The van der Waals surface area contributed by atoms with Crippen molar-refractivity contribution in [1.82, 2.24) is 9.62 Å². The second-order valence-electron chi connectivity index (χ2n) is 3.67. The van der Waals surface area contributed by atoms with Gasteiger partial charge in [0.1, 0.15) is 0 Å². The van der Waals surface area contributed by atoms with Gasteiger partial charge in [0.15, 0.2) is 6.19 Å². The highest BCUT2D eigenvalue weighted by atomic mass is 32.2. The average molecular weight is 245 g/mol. The van der Waals surface area contributed by atoms with Crippen LogP contribution in [0.3, 0.4) is 0 Å². The molecule has 0 atom stereocenters. The Hall–Kier alpha value is -1.13. The van der Waals surface area contributed by atoms with Crippen molar-refractivity contribution in [2.24, 2.45) is 5.92 Å². The molecule has 0 aromatic heterocycles. The lowest BCUT2D eigenvalue weighted by molar-refractivity contribution is -0.124. The molecule has 0 radical (unpaired) electrons. The zero-order chi connectivity index (χ0) is 12.2. The Morgan fingerprint density at radius 1 is 1.50 bits per heavy atom. The first-order chi connectivity index (χ1) is 7.51. The average Bonchev–Trinajstić information content (AvgIpc) is 2.29. The molecule has 1 fully saturated rings. The monoisotopic (exact) mass is 245 g/mol. The molecule has 1 aliphatic heterocycles. The maximum absolute atomic E-state index is 11.5. The molecule has 90 valence electrons. The van der Waals surface area contributed by atoms with Crippen LogP contribution in [0.4, 0.5) is 0 Å². The van der Waals surface area contributed by atoms with Gasteiger partial charge in [-0.05, 0) is 19.8 Å². The highest BCUT2D eigenvalue weighted by molar-refractivity contribution is 7.89. The third kappa shape index (κ3) is 2.93. The van der Waals surface area contributed by atoms with Gasteiger partial charge in [0.25, 0.3) is 0 Å². The lowest BCUT2D eigenvalue weighted by atomic mass is 9.97. The Bertz CT molecular complexity index is 391. The Labute approximate surface area is 95.3 Å². The summed E-state index contributed by atoms with van der Waals surface area (Å²) in [4.78, 5) is 11.3. The summed E-state index contributed by atoms with van der Waals surface area (Å²) in [6.45, 7) is 2.32. The van der Waals surface area contributed by atoms with Crippen LogP contribution < -0.4 is 5.32 Å². The zero-order valence-corrected chi connectivity index (χ0v) is 9.96. The van der Waals surface area contributed by atoms with Gasteiger partial charge >= 0.3 is 0 Å². The van der Waals surface area contributed by atoms with E-state index in [1.165, 1.54) is 4.31 Å². The Morgan fingerprint density at radius 2 is 2.06 bits per heavy atom. The summed E-state index contributed by atoms with van der Waals surface area (Å²) in [5, 5.41) is 10.4. The van der Waals surface area contributed by atoms with Crippen molar-refractivity contribution < 1.29 is 13.2 Å². The molecule has 1 amide bonds. The lowest BCUT2D eigenvalue weighted by Gasteiger charge is -2.29. The molecule has 0 aromatic carbocycles. The minimum absolute atomic E-state index is 0.0854. The molecule has 0 saturated carbocycles. The molecule has 0 bridgehead atoms. The van der Waals surface area contributed by atoms with Crippen molar-refractivity contribution in [3.05, 3.63) is 0 Å². The van der Waals surface area contributed by atoms with Crippen LogP contribution in [0.2, 0.25) is 0 Å². The number of amides is 1. The fourth-order valence-corrected chi connectivity index (χ4v) is 2.87. The predicted molar refractivity (Wildman–Crippen MR) is 57.5 cm³/mol. The maximum Gasteiger partial charge on any atom is 0.236 e. The van der Waals surface area contributed by atoms with Crippen LogP contribution >= 0.6 is 0 Å². The standard InChI is InChI=1S/C9H15N3O3S/c1-2-16(14,15)12-5-3-8(4-6-12)9(13)11-7-10/h8H,2-6H2,1H3,(H,11,13). The molecular weight excluding hydrogens is 230 g/mol. The van der Waals surface area contributed by atoms with Crippen LogP contribution in [0.1, 0.15) is 19.8 Å². The van der Waals surface area contributed by atoms with E-state index in [1.807, 2.05) is 0 Å². The third-order valence-corrected chi connectivity index (χ3v) is 4.64. The Morgan fingerprint density at radius 3 is 2.50 bits per heavy atom. The van der Waals surface area contributed by atoms with E-state index >= 15 is 0 Å². The highest BCUT2D eigenvalue weighted by Crippen LogP contribution is 2.19. The van der Waals surface area contributed by atoms with E-state index in [2.05, 4.69) is 5.32 Å². The predicted octanol–water partition coefficient (Wildman–Crippen LogP) is -0.355. The summed E-state index contributed by atoms with van der Waals surface area (Å²) in [6.07, 6.45) is 2.54. The number of carbonyl (C=O) groups is 1. The Kier molecular flexibility index (Phi) is 4.26. The second-order valence-corrected chi connectivity index (χ2v) is 5.93. The summed E-state index contributed by atoms with van der Waals surface area (Å²) >= 11 is 0. The van der Waals surface area contributed by atoms with E-state index in [0.29, 0.717) is 25.9 Å². The summed E-state index contributed by atoms with van der Waals surface area (Å²) < 4.78 is 24.5. The van der Waals surface area contributed by atoms with Gasteiger partial charge in [-0.2, -0.15) is 5.26 Å². The van der Waals surface area contributed by atoms with Crippen molar-refractivity contribution in [1.29, 1.82) is 5.26 Å². The number of carbonyl (C=O) groups excluding carboxylic acids is 1. The fraction of sp³-hybridized carbons (Fsp3) is 0.778. The van der Waals surface area contributed by atoms with Crippen LogP contribution in [0.15, 0.2) is 0 Å². The molecule has 1 rings (SSSR count). The van der Waals surface area contributed by atoms with Gasteiger partial charge in [0.05, 0.1) is 5.75 Å². The van der Waals surface area contributed by atoms with Gasteiger partial charge in [-0.25, -0.2) is 12.7 Å². The van der Waals surface area contributed by atoms with Crippen LogP contribution in [-0.2, 0) is 14.8 Å². The molecule has 0 aliphatic carbocycles. The van der Waals surface area contributed by atoms with Gasteiger partial charge in [-0.3, -0.25) is 10.1 Å².